The first-order valence-electron chi connectivity index (χ1n) is 9.31. The highest BCUT2D eigenvalue weighted by Gasteiger charge is 2.25. The maximum atomic E-state index is 12.6. The van der Waals surface area contributed by atoms with E-state index in [-0.39, 0.29) is 18.6 Å². The molecule has 0 saturated carbocycles. The third-order valence-corrected chi connectivity index (χ3v) is 4.21. The predicted octanol–water partition coefficient (Wildman–Crippen LogP) is 3.88. The summed E-state index contributed by atoms with van der Waals surface area (Å²) in [6.07, 6.45) is -0.567. The topological polar surface area (TPSA) is 90.9 Å². The Labute approximate surface area is 170 Å². The number of carbonyl (C=O) groups excluding carboxylic acids is 3. The zero-order valence-electron chi connectivity index (χ0n) is 17.4. The van der Waals surface area contributed by atoms with Crippen molar-refractivity contribution in [3.63, 3.8) is 0 Å². The lowest BCUT2D eigenvalue weighted by Crippen LogP contribution is -2.44. The molecule has 1 atom stereocenters. The van der Waals surface area contributed by atoms with Crippen LogP contribution in [0.2, 0.25) is 0 Å². The van der Waals surface area contributed by atoms with Gasteiger partial charge in [0.25, 0.3) is 0 Å². The van der Waals surface area contributed by atoms with Crippen molar-refractivity contribution in [3.8, 4) is 5.75 Å². The number of hydrogen-bond donors (Lipinski definition) is 1. The molecule has 0 radical (unpaired) electrons. The molecule has 0 aliphatic carbocycles. The van der Waals surface area contributed by atoms with Gasteiger partial charge in [-0.05, 0) is 56.2 Å². The maximum absolute atomic E-state index is 12.6. The molecule has 0 saturated heterocycles. The lowest BCUT2D eigenvalue weighted by molar-refractivity contribution is -0.143. The Morgan fingerprint density at radius 3 is 2.28 bits per heavy atom. The average Bonchev–Trinajstić information content (AvgIpc) is 2.67. The van der Waals surface area contributed by atoms with Crippen molar-refractivity contribution in [1.29, 1.82) is 0 Å². The molecule has 0 fully saturated rings. The minimum absolute atomic E-state index is 0.0667. The van der Waals surface area contributed by atoms with Crippen LogP contribution in [0.1, 0.15) is 44.0 Å². The number of hydrogen-bond acceptors (Lipinski definition) is 6. The first-order valence-corrected chi connectivity index (χ1v) is 9.31. The van der Waals surface area contributed by atoms with E-state index >= 15 is 0 Å². The van der Waals surface area contributed by atoms with Crippen molar-refractivity contribution >= 4 is 28.6 Å². The molecule has 0 bridgehead atoms. The van der Waals surface area contributed by atoms with E-state index in [9.17, 15) is 14.4 Å². The lowest BCUT2D eigenvalue weighted by atomic mass is 10.00. The molecule has 7 heteroatoms. The molecule has 2 rings (SSSR count). The van der Waals surface area contributed by atoms with Crippen molar-refractivity contribution in [1.82, 2.24) is 5.32 Å². The molecule has 0 unspecified atom stereocenters. The highest BCUT2D eigenvalue weighted by atomic mass is 16.6. The van der Waals surface area contributed by atoms with Gasteiger partial charge < -0.3 is 19.5 Å². The predicted molar refractivity (Wildman–Crippen MR) is 109 cm³/mol. The van der Waals surface area contributed by atoms with E-state index in [1.165, 1.54) is 7.11 Å². The summed E-state index contributed by atoms with van der Waals surface area (Å²) in [6.45, 7) is 5.16. The van der Waals surface area contributed by atoms with Crippen molar-refractivity contribution < 1.29 is 28.6 Å². The summed E-state index contributed by atoms with van der Waals surface area (Å²) in [5.74, 6) is -0.0254. The Kier molecular flexibility index (Phi) is 7.20. The summed E-state index contributed by atoms with van der Waals surface area (Å²) < 4.78 is 15.1. The number of carbonyl (C=O) groups is 3. The number of benzene rings is 2. The molecule has 0 heterocycles. The van der Waals surface area contributed by atoms with E-state index in [4.69, 9.17) is 14.2 Å². The Balaban J connectivity index is 2.06. The Morgan fingerprint density at radius 1 is 1.00 bits per heavy atom. The summed E-state index contributed by atoms with van der Waals surface area (Å²) in [6, 6.07) is 10.0. The Hall–Kier alpha value is -3.09. The number of nitrogens with one attached hydrogen (secondary N) is 1. The molecule has 156 valence electrons. The molecule has 0 aliphatic heterocycles. The SMILES string of the molecule is COC(=O)[C@H](CCC(=O)c1ccc2cc(OC)ccc2c1)NC(=O)OC(C)(C)C. The van der Waals surface area contributed by atoms with Gasteiger partial charge in [0.2, 0.25) is 0 Å². The molecule has 0 spiro atoms. The Morgan fingerprint density at radius 2 is 1.66 bits per heavy atom. The summed E-state index contributed by atoms with van der Waals surface area (Å²) >= 11 is 0. The number of fused-ring (bicyclic) bond motifs is 1. The number of ether oxygens (including phenoxy) is 3. The molecule has 7 nitrogen and oxygen atoms in total. The number of rotatable bonds is 7. The standard InChI is InChI=1S/C22H27NO6/c1-22(2,3)29-21(26)23-18(20(25)28-5)10-11-19(24)16-7-6-15-13-17(27-4)9-8-14(15)12-16/h6-9,12-13,18H,10-11H2,1-5H3,(H,23,26)/t18-/m0/s1. The minimum atomic E-state index is -0.969. The number of amides is 1. The summed E-state index contributed by atoms with van der Waals surface area (Å²) in [5, 5.41) is 4.34. The summed E-state index contributed by atoms with van der Waals surface area (Å²) in [4.78, 5) is 36.6. The second kappa shape index (κ2) is 9.41. The van der Waals surface area contributed by atoms with Gasteiger partial charge in [-0.25, -0.2) is 9.59 Å². The minimum Gasteiger partial charge on any atom is -0.497 e. The largest absolute Gasteiger partial charge is 0.497 e. The van der Waals surface area contributed by atoms with E-state index in [0.29, 0.717) is 5.56 Å². The molecule has 29 heavy (non-hydrogen) atoms. The zero-order chi connectivity index (χ0) is 21.6. The van der Waals surface area contributed by atoms with Crippen LogP contribution in [0.5, 0.6) is 5.75 Å². The highest BCUT2D eigenvalue weighted by Crippen LogP contribution is 2.22. The van der Waals surface area contributed by atoms with Crippen LogP contribution in [0.4, 0.5) is 4.79 Å². The van der Waals surface area contributed by atoms with Crippen molar-refractivity contribution in [2.24, 2.45) is 0 Å². The fraction of sp³-hybridized carbons (Fsp3) is 0.409. The van der Waals surface area contributed by atoms with Crippen LogP contribution in [0.25, 0.3) is 10.8 Å². The van der Waals surface area contributed by atoms with Crippen LogP contribution in [0.3, 0.4) is 0 Å². The Bertz CT molecular complexity index is 900. The molecule has 0 aromatic heterocycles. The van der Waals surface area contributed by atoms with Gasteiger partial charge in [-0.3, -0.25) is 4.79 Å². The fourth-order valence-corrected chi connectivity index (χ4v) is 2.79. The van der Waals surface area contributed by atoms with Crippen molar-refractivity contribution in [3.05, 3.63) is 42.0 Å². The summed E-state index contributed by atoms with van der Waals surface area (Å²) in [5.41, 5.74) is -0.169. The van der Waals surface area contributed by atoms with Crippen LogP contribution in [-0.4, -0.2) is 43.7 Å². The van der Waals surface area contributed by atoms with Gasteiger partial charge in [0.1, 0.15) is 17.4 Å². The van der Waals surface area contributed by atoms with Crippen LogP contribution < -0.4 is 10.1 Å². The average molecular weight is 401 g/mol. The molecular formula is C22H27NO6. The van der Waals surface area contributed by atoms with Crippen LogP contribution in [0, 0.1) is 0 Å². The first-order chi connectivity index (χ1) is 13.6. The fourth-order valence-electron chi connectivity index (χ4n) is 2.79. The molecule has 2 aromatic carbocycles. The second-order valence-electron chi connectivity index (χ2n) is 7.61. The van der Waals surface area contributed by atoms with E-state index in [2.05, 4.69) is 5.32 Å². The maximum Gasteiger partial charge on any atom is 0.408 e. The lowest BCUT2D eigenvalue weighted by Gasteiger charge is -2.22. The van der Waals surface area contributed by atoms with Crippen molar-refractivity contribution in [2.45, 2.75) is 45.3 Å². The molecule has 1 N–H and O–H groups in total. The zero-order valence-corrected chi connectivity index (χ0v) is 17.4. The van der Waals surface area contributed by atoms with Gasteiger partial charge in [-0.2, -0.15) is 0 Å². The monoisotopic (exact) mass is 401 g/mol. The third kappa shape index (κ3) is 6.48. The first kappa shape index (κ1) is 22.2. The molecule has 2 aromatic rings. The van der Waals surface area contributed by atoms with Gasteiger partial charge in [0, 0.05) is 12.0 Å². The molecule has 1 amide bonds. The normalized spacial score (nSPS) is 12.2. The number of alkyl carbamates (subject to hydrolysis) is 1. The highest BCUT2D eigenvalue weighted by molar-refractivity contribution is 6.00. The number of methoxy groups -OCH3 is 2. The summed E-state index contributed by atoms with van der Waals surface area (Å²) in [7, 11) is 2.83. The van der Waals surface area contributed by atoms with Crippen LogP contribution in [-0.2, 0) is 14.3 Å². The van der Waals surface area contributed by atoms with Gasteiger partial charge in [-0.15, -0.1) is 0 Å². The third-order valence-electron chi connectivity index (χ3n) is 4.21. The molecule has 0 aliphatic rings. The van der Waals surface area contributed by atoms with E-state index < -0.39 is 23.7 Å². The van der Waals surface area contributed by atoms with Crippen molar-refractivity contribution in [2.75, 3.05) is 14.2 Å². The number of Topliss-reactive ketones (excluding diaryl/α,β-unsaturated/α-hetero) is 1. The van der Waals surface area contributed by atoms with Gasteiger partial charge >= 0.3 is 12.1 Å². The van der Waals surface area contributed by atoms with Gasteiger partial charge in [-0.1, -0.05) is 18.2 Å². The number of ketones is 1. The van der Waals surface area contributed by atoms with E-state index in [1.54, 1.807) is 40.0 Å². The van der Waals surface area contributed by atoms with Gasteiger partial charge in [0.15, 0.2) is 5.78 Å². The smallest absolute Gasteiger partial charge is 0.408 e. The second-order valence-corrected chi connectivity index (χ2v) is 7.61. The molecular weight excluding hydrogens is 374 g/mol. The number of esters is 1. The van der Waals surface area contributed by atoms with Crippen LogP contribution in [0.15, 0.2) is 36.4 Å². The van der Waals surface area contributed by atoms with Gasteiger partial charge in [0.05, 0.1) is 14.2 Å². The van der Waals surface area contributed by atoms with E-state index in [0.717, 1.165) is 16.5 Å². The van der Waals surface area contributed by atoms with E-state index in [1.807, 2.05) is 24.3 Å². The van der Waals surface area contributed by atoms with Crippen LogP contribution >= 0.6 is 0 Å². The quantitative estimate of drug-likeness (QED) is 0.559.